The van der Waals surface area contributed by atoms with Gasteiger partial charge in [0.2, 0.25) is 6.79 Å². The van der Waals surface area contributed by atoms with Crippen molar-refractivity contribution in [1.29, 1.82) is 0 Å². The molecule has 0 fully saturated rings. The van der Waals surface area contributed by atoms with E-state index in [1.165, 1.54) is 6.21 Å². The fourth-order valence-electron chi connectivity index (χ4n) is 2.03. The molecule has 6 nitrogen and oxygen atoms in total. The Kier molecular flexibility index (Phi) is 3.65. The van der Waals surface area contributed by atoms with Crippen LogP contribution in [0.3, 0.4) is 0 Å². The zero-order valence-electron chi connectivity index (χ0n) is 11.9. The van der Waals surface area contributed by atoms with E-state index in [1.807, 2.05) is 13.0 Å². The minimum Gasteiger partial charge on any atom is -0.507 e. The summed E-state index contributed by atoms with van der Waals surface area (Å²) in [6, 6.07) is 10.1. The van der Waals surface area contributed by atoms with Crippen molar-refractivity contribution in [2.45, 2.75) is 6.92 Å². The van der Waals surface area contributed by atoms with E-state index >= 15 is 0 Å². The molecule has 0 bridgehead atoms. The number of aryl methyl sites for hydroxylation is 1. The number of hydrogen-bond acceptors (Lipinski definition) is 5. The van der Waals surface area contributed by atoms with Crippen LogP contribution in [-0.4, -0.2) is 24.0 Å². The molecule has 1 aliphatic heterocycles. The fraction of sp³-hybridized carbons (Fsp3) is 0.125. The Balaban J connectivity index is 1.68. The van der Waals surface area contributed by atoms with Gasteiger partial charge in [-0.1, -0.05) is 6.07 Å². The predicted octanol–water partition coefficient (Wildman–Crippen LogP) is 2.19. The molecule has 1 amide bonds. The lowest BCUT2D eigenvalue weighted by molar-refractivity contribution is 0.0954. The zero-order valence-corrected chi connectivity index (χ0v) is 11.9. The van der Waals surface area contributed by atoms with Crippen LogP contribution in [0.1, 0.15) is 21.5 Å². The van der Waals surface area contributed by atoms with E-state index in [2.05, 4.69) is 10.5 Å². The molecule has 0 aromatic heterocycles. The Morgan fingerprint density at radius 2 is 2.05 bits per heavy atom. The smallest absolute Gasteiger partial charge is 0.271 e. The molecule has 6 heteroatoms. The van der Waals surface area contributed by atoms with Crippen LogP contribution in [0.25, 0.3) is 0 Å². The highest BCUT2D eigenvalue weighted by molar-refractivity contribution is 5.95. The number of nitrogens with zero attached hydrogens (tertiary/aromatic N) is 1. The van der Waals surface area contributed by atoms with Gasteiger partial charge in [-0.3, -0.25) is 4.79 Å². The number of phenolic OH excluding ortho intramolecular Hbond substituents is 1. The Morgan fingerprint density at radius 3 is 2.86 bits per heavy atom. The highest BCUT2D eigenvalue weighted by Crippen LogP contribution is 2.32. The van der Waals surface area contributed by atoms with Gasteiger partial charge >= 0.3 is 0 Å². The van der Waals surface area contributed by atoms with Crippen LogP contribution in [0.4, 0.5) is 0 Å². The van der Waals surface area contributed by atoms with Crippen LogP contribution in [0.15, 0.2) is 41.5 Å². The molecule has 3 rings (SSSR count). The number of nitrogens with one attached hydrogen (secondary N) is 1. The number of hydrazone groups is 1. The summed E-state index contributed by atoms with van der Waals surface area (Å²) in [5.74, 6) is 0.889. The third-order valence-electron chi connectivity index (χ3n) is 3.19. The van der Waals surface area contributed by atoms with Gasteiger partial charge in [-0.2, -0.15) is 5.10 Å². The number of carbonyl (C=O) groups excluding carboxylic acids is 1. The molecule has 1 heterocycles. The first-order valence-corrected chi connectivity index (χ1v) is 6.66. The zero-order chi connectivity index (χ0) is 15.5. The summed E-state index contributed by atoms with van der Waals surface area (Å²) in [4.78, 5) is 12.0. The van der Waals surface area contributed by atoms with Crippen molar-refractivity contribution in [3.63, 3.8) is 0 Å². The minimum atomic E-state index is -0.374. The number of benzene rings is 2. The molecule has 2 aromatic rings. The molecule has 0 radical (unpaired) electrons. The Labute approximate surface area is 127 Å². The number of phenols is 1. The van der Waals surface area contributed by atoms with Crippen LogP contribution in [-0.2, 0) is 0 Å². The van der Waals surface area contributed by atoms with E-state index in [-0.39, 0.29) is 18.4 Å². The maximum Gasteiger partial charge on any atom is 0.271 e. The van der Waals surface area contributed by atoms with Crippen molar-refractivity contribution in [2.24, 2.45) is 5.10 Å². The third-order valence-corrected chi connectivity index (χ3v) is 3.19. The number of aromatic hydroxyl groups is 1. The molecule has 0 saturated heterocycles. The van der Waals surface area contributed by atoms with Crippen LogP contribution in [0.2, 0.25) is 0 Å². The molecule has 2 N–H and O–H groups in total. The summed E-state index contributed by atoms with van der Waals surface area (Å²) in [5.41, 5.74) is 4.28. The van der Waals surface area contributed by atoms with E-state index in [4.69, 9.17) is 9.47 Å². The van der Waals surface area contributed by atoms with Gasteiger partial charge in [0.15, 0.2) is 11.5 Å². The van der Waals surface area contributed by atoms with Crippen molar-refractivity contribution in [2.75, 3.05) is 6.79 Å². The first-order valence-electron chi connectivity index (χ1n) is 6.66. The highest BCUT2D eigenvalue weighted by atomic mass is 16.7. The van der Waals surface area contributed by atoms with E-state index in [1.54, 1.807) is 30.3 Å². The largest absolute Gasteiger partial charge is 0.507 e. The second kappa shape index (κ2) is 5.77. The van der Waals surface area contributed by atoms with E-state index in [0.29, 0.717) is 22.6 Å². The maximum absolute atomic E-state index is 12.0. The quantitative estimate of drug-likeness (QED) is 0.672. The lowest BCUT2D eigenvalue weighted by Gasteiger charge is -2.02. The van der Waals surface area contributed by atoms with Crippen molar-refractivity contribution in [1.82, 2.24) is 5.43 Å². The van der Waals surface area contributed by atoms with Gasteiger partial charge in [0.1, 0.15) is 5.75 Å². The lowest BCUT2D eigenvalue weighted by atomic mass is 10.1. The summed E-state index contributed by atoms with van der Waals surface area (Å²) in [7, 11) is 0. The van der Waals surface area contributed by atoms with Crippen LogP contribution in [0, 0.1) is 6.92 Å². The fourth-order valence-corrected chi connectivity index (χ4v) is 2.03. The van der Waals surface area contributed by atoms with Crippen LogP contribution >= 0.6 is 0 Å². The standard InChI is InChI=1S/C16H14N2O4/c1-10-2-3-12(13(19)6-10)8-17-18-16(20)11-4-5-14-15(7-11)22-9-21-14/h2-8,19H,9H2,1H3,(H,18,20). The topological polar surface area (TPSA) is 80.2 Å². The predicted molar refractivity (Wildman–Crippen MR) is 80.5 cm³/mol. The minimum absolute atomic E-state index is 0.112. The van der Waals surface area contributed by atoms with Crippen molar-refractivity contribution in [3.8, 4) is 17.2 Å². The monoisotopic (exact) mass is 298 g/mol. The molecule has 2 aromatic carbocycles. The van der Waals surface area contributed by atoms with Crippen molar-refractivity contribution in [3.05, 3.63) is 53.1 Å². The number of fused-ring (bicyclic) bond motifs is 1. The normalized spacial score (nSPS) is 12.6. The van der Waals surface area contributed by atoms with Crippen molar-refractivity contribution >= 4 is 12.1 Å². The molecule has 0 aliphatic carbocycles. The molecule has 112 valence electrons. The number of carbonyl (C=O) groups is 1. The second-order valence-corrected chi connectivity index (χ2v) is 4.83. The average molecular weight is 298 g/mol. The second-order valence-electron chi connectivity index (χ2n) is 4.83. The Hall–Kier alpha value is -3.02. The summed E-state index contributed by atoms with van der Waals surface area (Å²) in [6.45, 7) is 2.04. The molecule has 0 saturated carbocycles. The van der Waals surface area contributed by atoms with Gasteiger partial charge in [-0.15, -0.1) is 0 Å². The van der Waals surface area contributed by atoms with Gasteiger partial charge in [0, 0.05) is 11.1 Å². The summed E-state index contributed by atoms with van der Waals surface area (Å²) < 4.78 is 10.4. The number of ether oxygens (including phenoxy) is 2. The van der Waals surface area contributed by atoms with Crippen LogP contribution in [0.5, 0.6) is 17.2 Å². The third kappa shape index (κ3) is 2.85. The first kappa shape index (κ1) is 13.9. The van der Waals surface area contributed by atoms with Gasteiger partial charge in [-0.05, 0) is 42.8 Å². The number of amides is 1. The molecular weight excluding hydrogens is 284 g/mol. The SMILES string of the molecule is Cc1ccc(C=NNC(=O)c2ccc3c(c2)OCO3)c(O)c1. The molecule has 0 spiro atoms. The maximum atomic E-state index is 12.0. The summed E-state index contributed by atoms with van der Waals surface area (Å²) in [6.07, 6.45) is 1.39. The summed E-state index contributed by atoms with van der Waals surface area (Å²) >= 11 is 0. The Bertz CT molecular complexity index is 756. The van der Waals surface area contributed by atoms with Gasteiger partial charge < -0.3 is 14.6 Å². The molecule has 22 heavy (non-hydrogen) atoms. The van der Waals surface area contributed by atoms with Crippen molar-refractivity contribution < 1.29 is 19.4 Å². The molecule has 1 aliphatic rings. The summed E-state index contributed by atoms with van der Waals surface area (Å²) in [5, 5.41) is 13.6. The van der Waals surface area contributed by atoms with E-state index < -0.39 is 0 Å². The van der Waals surface area contributed by atoms with Crippen LogP contribution < -0.4 is 14.9 Å². The molecule has 0 unspecified atom stereocenters. The van der Waals surface area contributed by atoms with E-state index in [0.717, 1.165) is 5.56 Å². The van der Waals surface area contributed by atoms with Gasteiger partial charge in [-0.25, -0.2) is 5.43 Å². The number of hydrogen-bond donors (Lipinski definition) is 2. The molecule has 0 atom stereocenters. The Morgan fingerprint density at radius 1 is 1.23 bits per heavy atom. The average Bonchev–Trinajstić information content (AvgIpc) is 2.96. The lowest BCUT2D eigenvalue weighted by Crippen LogP contribution is -2.17. The van der Waals surface area contributed by atoms with Gasteiger partial charge in [0.25, 0.3) is 5.91 Å². The van der Waals surface area contributed by atoms with Gasteiger partial charge in [0.05, 0.1) is 6.21 Å². The highest BCUT2D eigenvalue weighted by Gasteiger charge is 2.15. The molecular formula is C16H14N2O4. The van der Waals surface area contributed by atoms with E-state index in [9.17, 15) is 9.90 Å². The first-order chi connectivity index (χ1) is 10.6. The number of rotatable bonds is 3.